The minimum absolute atomic E-state index is 0.0549. The minimum Gasteiger partial charge on any atom is -0.338 e. The third-order valence-electron chi connectivity index (χ3n) is 4.78. The number of nitrogens with zero attached hydrogens (tertiary/aromatic N) is 3. The molecule has 23 heavy (non-hydrogen) atoms. The van der Waals surface area contributed by atoms with Crippen LogP contribution in [0.2, 0.25) is 0 Å². The van der Waals surface area contributed by atoms with Gasteiger partial charge >= 0.3 is 0 Å². The van der Waals surface area contributed by atoms with Crippen LogP contribution in [0.3, 0.4) is 0 Å². The van der Waals surface area contributed by atoms with E-state index in [1.54, 1.807) is 29.7 Å². The molecule has 0 aromatic rings. The highest BCUT2D eigenvalue weighted by molar-refractivity contribution is 5.97. The van der Waals surface area contributed by atoms with Gasteiger partial charge in [-0.25, -0.2) is 8.78 Å². The van der Waals surface area contributed by atoms with E-state index >= 15 is 0 Å². The maximum atomic E-state index is 13.4. The van der Waals surface area contributed by atoms with E-state index < -0.39 is 11.5 Å². The average Bonchev–Trinajstić information content (AvgIpc) is 2.85. The van der Waals surface area contributed by atoms with Crippen LogP contribution in [0.25, 0.3) is 0 Å². The van der Waals surface area contributed by atoms with Crippen LogP contribution in [-0.2, 0) is 4.79 Å². The highest BCUT2D eigenvalue weighted by Crippen LogP contribution is 2.33. The molecule has 1 atom stereocenters. The number of alkyl halides is 2. The first-order valence-corrected chi connectivity index (χ1v) is 8.20. The molecule has 0 radical (unpaired) electrons. The summed E-state index contributed by atoms with van der Waals surface area (Å²) in [6.45, 7) is 6.89. The van der Waals surface area contributed by atoms with Crippen LogP contribution in [0.4, 0.5) is 8.78 Å². The number of amides is 1. The van der Waals surface area contributed by atoms with Gasteiger partial charge in [-0.2, -0.15) is 5.26 Å². The molecule has 0 spiro atoms. The number of piperidine rings is 1. The summed E-state index contributed by atoms with van der Waals surface area (Å²) >= 11 is 0. The molecule has 0 bridgehead atoms. The molecule has 0 N–H and O–H groups in total. The van der Waals surface area contributed by atoms with Gasteiger partial charge in [0, 0.05) is 31.6 Å². The Bertz CT molecular complexity index is 536. The maximum Gasteiger partial charge on any atom is 0.264 e. The lowest BCUT2D eigenvalue weighted by Gasteiger charge is -2.34. The number of hydrogen-bond acceptors (Lipinski definition) is 3. The zero-order valence-corrected chi connectivity index (χ0v) is 14.1. The molecule has 0 aromatic heterocycles. The predicted octanol–water partition coefficient (Wildman–Crippen LogP) is 2.81. The van der Waals surface area contributed by atoms with E-state index in [0.29, 0.717) is 19.0 Å². The summed E-state index contributed by atoms with van der Waals surface area (Å²) in [5.74, 6) is -2.54. The topological polar surface area (TPSA) is 47.3 Å². The van der Waals surface area contributed by atoms with E-state index in [-0.39, 0.29) is 31.0 Å². The fourth-order valence-electron chi connectivity index (χ4n) is 3.36. The lowest BCUT2D eigenvalue weighted by molar-refractivity contribution is -0.128. The molecule has 0 aliphatic carbocycles. The summed E-state index contributed by atoms with van der Waals surface area (Å²) < 4.78 is 26.9. The fraction of sp³-hybridized carbons (Fsp3) is 0.765. The average molecular weight is 325 g/mol. The zero-order chi connectivity index (χ0) is 17.3. The van der Waals surface area contributed by atoms with Gasteiger partial charge in [0.15, 0.2) is 0 Å². The molecule has 0 saturated carbocycles. The molecule has 2 saturated heterocycles. The molecule has 1 unspecified atom stereocenters. The van der Waals surface area contributed by atoms with Crippen molar-refractivity contribution >= 4 is 5.91 Å². The molecule has 1 amide bonds. The Morgan fingerprint density at radius 2 is 2.09 bits per heavy atom. The fourth-order valence-corrected chi connectivity index (χ4v) is 3.36. The van der Waals surface area contributed by atoms with Crippen LogP contribution in [-0.4, -0.2) is 53.3 Å². The number of halogens is 2. The van der Waals surface area contributed by atoms with E-state index in [1.165, 1.54) is 0 Å². The van der Waals surface area contributed by atoms with Crippen LogP contribution in [0.15, 0.2) is 11.6 Å². The Balaban J connectivity index is 2.14. The molecule has 6 heteroatoms. The van der Waals surface area contributed by atoms with Gasteiger partial charge in [0.25, 0.3) is 11.8 Å². The SMILES string of the molecule is CC1CCCN(C(=O)C(C#N)=CC(C)(C)N2CCC(F)(F)C2)C1. The van der Waals surface area contributed by atoms with Crippen LogP contribution in [0.5, 0.6) is 0 Å². The number of hydrogen-bond donors (Lipinski definition) is 0. The normalized spacial score (nSPS) is 26.2. The highest BCUT2D eigenvalue weighted by atomic mass is 19.3. The summed E-state index contributed by atoms with van der Waals surface area (Å²) in [6.07, 6.45) is 3.40. The summed E-state index contributed by atoms with van der Waals surface area (Å²) in [4.78, 5) is 15.9. The first kappa shape index (κ1) is 17.9. The summed E-state index contributed by atoms with van der Waals surface area (Å²) in [7, 11) is 0. The smallest absolute Gasteiger partial charge is 0.264 e. The molecule has 2 aliphatic heterocycles. The lowest BCUT2D eigenvalue weighted by Crippen LogP contribution is -2.44. The van der Waals surface area contributed by atoms with Gasteiger partial charge in [-0.05, 0) is 38.7 Å². The third-order valence-corrected chi connectivity index (χ3v) is 4.78. The monoisotopic (exact) mass is 325 g/mol. The van der Waals surface area contributed by atoms with E-state index in [2.05, 4.69) is 6.92 Å². The van der Waals surface area contributed by atoms with Crippen molar-refractivity contribution in [3.05, 3.63) is 11.6 Å². The van der Waals surface area contributed by atoms with Crippen LogP contribution in [0, 0.1) is 17.2 Å². The number of likely N-dealkylation sites (tertiary alicyclic amines) is 2. The van der Waals surface area contributed by atoms with E-state index in [4.69, 9.17) is 0 Å². The van der Waals surface area contributed by atoms with E-state index in [0.717, 1.165) is 12.8 Å². The first-order chi connectivity index (χ1) is 10.6. The Labute approximate surface area is 136 Å². The predicted molar refractivity (Wildman–Crippen MR) is 83.9 cm³/mol. The van der Waals surface area contributed by atoms with Gasteiger partial charge in [-0.15, -0.1) is 0 Å². The highest BCUT2D eigenvalue weighted by Gasteiger charge is 2.43. The van der Waals surface area contributed by atoms with Gasteiger partial charge in [-0.3, -0.25) is 9.69 Å². The molecule has 0 aromatic carbocycles. The first-order valence-electron chi connectivity index (χ1n) is 8.20. The standard InChI is InChI=1S/C17H25F2N3O/c1-13-5-4-7-21(11-13)15(23)14(10-20)9-16(2,3)22-8-6-17(18,19)12-22/h9,13H,4-8,11-12H2,1-3H3. The zero-order valence-electron chi connectivity index (χ0n) is 14.1. The van der Waals surface area contributed by atoms with Crippen molar-refractivity contribution in [2.75, 3.05) is 26.2 Å². The quantitative estimate of drug-likeness (QED) is 0.592. The maximum absolute atomic E-state index is 13.4. The van der Waals surface area contributed by atoms with E-state index in [1.807, 2.05) is 6.07 Å². The largest absolute Gasteiger partial charge is 0.338 e. The molecule has 2 fully saturated rings. The minimum atomic E-state index is -2.69. The van der Waals surface area contributed by atoms with Gasteiger partial charge < -0.3 is 4.90 Å². The van der Waals surface area contributed by atoms with Crippen LogP contribution >= 0.6 is 0 Å². The second-order valence-corrected chi connectivity index (χ2v) is 7.35. The molecule has 2 aliphatic rings. The third kappa shape index (κ3) is 4.29. The van der Waals surface area contributed by atoms with Crippen LogP contribution in [0.1, 0.15) is 40.0 Å². The van der Waals surface area contributed by atoms with Gasteiger partial charge in [0.05, 0.1) is 6.54 Å². The Morgan fingerprint density at radius 3 is 2.61 bits per heavy atom. The second kappa shape index (κ2) is 6.56. The molecule has 4 nitrogen and oxygen atoms in total. The number of rotatable bonds is 3. The molecular weight excluding hydrogens is 300 g/mol. The van der Waals surface area contributed by atoms with Crippen LogP contribution < -0.4 is 0 Å². The lowest BCUT2D eigenvalue weighted by atomic mass is 9.96. The second-order valence-electron chi connectivity index (χ2n) is 7.35. The van der Waals surface area contributed by atoms with Gasteiger partial charge in [0.2, 0.25) is 0 Å². The van der Waals surface area contributed by atoms with Crippen molar-refractivity contribution in [1.82, 2.24) is 9.80 Å². The summed E-state index contributed by atoms with van der Waals surface area (Å²) in [5.41, 5.74) is -0.693. The van der Waals surface area contributed by atoms with Crippen molar-refractivity contribution in [3.63, 3.8) is 0 Å². The molecule has 2 rings (SSSR count). The Morgan fingerprint density at radius 1 is 1.39 bits per heavy atom. The van der Waals surface area contributed by atoms with Crippen molar-refractivity contribution in [3.8, 4) is 6.07 Å². The number of nitriles is 1. The van der Waals surface area contributed by atoms with Crippen molar-refractivity contribution in [2.45, 2.75) is 51.5 Å². The summed E-state index contributed by atoms with van der Waals surface area (Å²) in [5, 5.41) is 9.37. The molecule has 128 valence electrons. The van der Waals surface area contributed by atoms with E-state index in [9.17, 15) is 18.8 Å². The van der Waals surface area contributed by atoms with Crippen molar-refractivity contribution in [2.24, 2.45) is 5.92 Å². The summed E-state index contributed by atoms with van der Waals surface area (Å²) in [6, 6.07) is 1.97. The Kier molecular flexibility index (Phi) is 5.10. The number of carbonyl (C=O) groups is 1. The molecular formula is C17H25F2N3O. The number of carbonyl (C=O) groups excluding carboxylic acids is 1. The van der Waals surface area contributed by atoms with Crippen molar-refractivity contribution < 1.29 is 13.6 Å². The Hall–Kier alpha value is -1.48. The molecule has 2 heterocycles. The van der Waals surface area contributed by atoms with Crippen molar-refractivity contribution in [1.29, 1.82) is 5.26 Å². The van der Waals surface area contributed by atoms with Gasteiger partial charge in [-0.1, -0.05) is 6.92 Å². The van der Waals surface area contributed by atoms with Gasteiger partial charge in [0.1, 0.15) is 11.6 Å².